The molecule has 3 nitrogen and oxygen atoms in total. The van der Waals surface area contributed by atoms with E-state index in [1.807, 2.05) is 0 Å². The maximum Gasteiger partial charge on any atom is 0.303 e. The number of ketones is 1. The number of carboxylic acid groups (broad SMARTS) is 1. The number of benzene rings is 2. The Morgan fingerprint density at radius 1 is 1.05 bits per heavy atom. The second-order valence-corrected chi connectivity index (χ2v) is 4.95. The smallest absolute Gasteiger partial charge is 0.303 e. The average molecular weight is 307 g/mol. The fourth-order valence-corrected chi connectivity index (χ4v) is 2.04. The third-order valence-corrected chi connectivity index (χ3v) is 3.26. The molecule has 108 valence electrons. The van der Waals surface area contributed by atoms with Crippen LogP contribution in [-0.2, 0) is 4.79 Å². The summed E-state index contributed by atoms with van der Waals surface area (Å²) >= 11 is 5.78. The maximum absolute atomic E-state index is 14.1. The molecule has 0 amide bonds. The molecule has 0 heterocycles. The zero-order valence-corrected chi connectivity index (χ0v) is 11.7. The van der Waals surface area contributed by atoms with E-state index in [0.717, 1.165) is 6.07 Å². The van der Waals surface area contributed by atoms with Gasteiger partial charge in [0.05, 0.1) is 6.42 Å². The summed E-state index contributed by atoms with van der Waals surface area (Å²) in [6, 6.07) is 10.8. The minimum Gasteiger partial charge on any atom is -0.481 e. The molecule has 2 rings (SSSR count). The fraction of sp³-hybridized carbons (Fsp3) is 0.125. The first kappa shape index (κ1) is 15.2. The lowest BCUT2D eigenvalue weighted by molar-refractivity contribution is -0.136. The molecule has 2 aromatic carbocycles. The summed E-state index contributed by atoms with van der Waals surface area (Å²) in [4.78, 5) is 22.2. The Morgan fingerprint density at radius 2 is 1.71 bits per heavy atom. The first-order valence-corrected chi connectivity index (χ1v) is 6.65. The molecule has 0 spiro atoms. The van der Waals surface area contributed by atoms with E-state index in [1.165, 1.54) is 12.1 Å². The van der Waals surface area contributed by atoms with Crippen LogP contribution in [0, 0.1) is 5.82 Å². The van der Waals surface area contributed by atoms with Crippen molar-refractivity contribution in [2.45, 2.75) is 12.8 Å². The highest BCUT2D eigenvalue weighted by atomic mass is 35.5. The van der Waals surface area contributed by atoms with Gasteiger partial charge in [-0.05, 0) is 23.8 Å². The van der Waals surface area contributed by atoms with Gasteiger partial charge in [0.1, 0.15) is 5.82 Å². The number of carboxylic acids is 1. The molecule has 5 heteroatoms. The summed E-state index contributed by atoms with van der Waals surface area (Å²) in [5, 5.41) is 9.10. The van der Waals surface area contributed by atoms with Crippen LogP contribution in [0.3, 0.4) is 0 Å². The van der Waals surface area contributed by atoms with Crippen LogP contribution in [0.25, 0.3) is 11.1 Å². The number of carbonyl (C=O) groups is 2. The zero-order valence-electron chi connectivity index (χ0n) is 11.0. The number of carbonyl (C=O) groups excluding carboxylic acids is 1. The Hall–Kier alpha value is -2.20. The maximum atomic E-state index is 14.1. The van der Waals surface area contributed by atoms with E-state index in [9.17, 15) is 14.0 Å². The van der Waals surface area contributed by atoms with Gasteiger partial charge in [-0.25, -0.2) is 4.39 Å². The molecule has 0 aliphatic heterocycles. The molecule has 0 aromatic heterocycles. The van der Waals surface area contributed by atoms with Crippen LogP contribution >= 0.6 is 11.6 Å². The number of hydrogen-bond acceptors (Lipinski definition) is 2. The van der Waals surface area contributed by atoms with Gasteiger partial charge in [-0.15, -0.1) is 0 Å². The topological polar surface area (TPSA) is 54.4 Å². The standard InChI is InChI=1S/C16H12ClFO3/c17-12-4-1-10(2-5-12)13-6-3-11(9-14(13)18)15(19)7-8-16(20)21/h1-6,9H,7-8H2,(H,20,21). The lowest BCUT2D eigenvalue weighted by Crippen LogP contribution is -2.04. The fourth-order valence-electron chi connectivity index (χ4n) is 1.92. The third kappa shape index (κ3) is 3.89. The SMILES string of the molecule is O=C(O)CCC(=O)c1ccc(-c2ccc(Cl)cc2)c(F)c1. The molecule has 0 saturated carbocycles. The molecule has 0 radical (unpaired) electrons. The lowest BCUT2D eigenvalue weighted by atomic mass is 10.00. The summed E-state index contributed by atoms with van der Waals surface area (Å²) in [6.45, 7) is 0. The van der Waals surface area contributed by atoms with E-state index in [0.29, 0.717) is 16.1 Å². The second-order valence-electron chi connectivity index (χ2n) is 4.52. The molecule has 0 aliphatic carbocycles. The monoisotopic (exact) mass is 306 g/mol. The predicted octanol–water partition coefficient (Wildman–Crippen LogP) is 4.19. The second kappa shape index (κ2) is 6.50. The highest BCUT2D eigenvalue weighted by Gasteiger charge is 2.12. The number of halogens is 2. The van der Waals surface area contributed by atoms with Crippen molar-refractivity contribution in [3.8, 4) is 11.1 Å². The molecule has 0 saturated heterocycles. The summed E-state index contributed by atoms with van der Waals surface area (Å²) in [5.41, 5.74) is 1.19. The summed E-state index contributed by atoms with van der Waals surface area (Å²) < 4.78 is 14.1. The van der Waals surface area contributed by atoms with Crippen LogP contribution in [0.4, 0.5) is 4.39 Å². The van der Waals surface area contributed by atoms with Crippen molar-refractivity contribution in [2.24, 2.45) is 0 Å². The summed E-state index contributed by atoms with van der Waals surface area (Å²) in [7, 11) is 0. The number of rotatable bonds is 5. The van der Waals surface area contributed by atoms with E-state index >= 15 is 0 Å². The van der Waals surface area contributed by atoms with Crippen molar-refractivity contribution in [1.29, 1.82) is 0 Å². The van der Waals surface area contributed by atoms with Gasteiger partial charge in [0.15, 0.2) is 5.78 Å². The third-order valence-electron chi connectivity index (χ3n) is 3.01. The quantitative estimate of drug-likeness (QED) is 0.843. The first-order chi connectivity index (χ1) is 9.97. The molecule has 0 atom stereocenters. The lowest BCUT2D eigenvalue weighted by Gasteiger charge is -2.06. The highest BCUT2D eigenvalue weighted by Crippen LogP contribution is 2.25. The van der Waals surface area contributed by atoms with Crippen LogP contribution in [0.2, 0.25) is 5.02 Å². The Kier molecular flexibility index (Phi) is 4.70. The van der Waals surface area contributed by atoms with Gasteiger partial charge in [-0.3, -0.25) is 9.59 Å². The minimum absolute atomic E-state index is 0.144. The molecular weight excluding hydrogens is 295 g/mol. The van der Waals surface area contributed by atoms with Crippen molar-refractivity contribution in [3.63, 3.8) is 0 Å². The first-order valence-electron chi connectivity index (χ1n) is 6.28. The van der Waals surface area contributed by atoms with Gasteiger partial charge >= 0.3 is 5.97 Å². The highest BCUT2D eigenvalue weighted by molar-refractivity contribution is 6.30. The predicted molar refractivity (Wildman–Crippen MR) is 78.0 cm³/mol. The Morgan fingerprint density at radius 3 is 2.29 bits per heavy atom. The summed E-state index contributed by atoms with van der Waals surface area (Å²) in [6.07, 6.45) is -0.408. The van der Waals surface area contributed by atoms with Crippen LogP contribution < -0.4 is 0 Å². The molecule has 21 heavy (non-hydrogen) atoms. The van der Waals surface area contributed by atoms with Crippen LogP contribution in [0.5, 0.6) is 0 Å². The molecule has 0 aliphatic rings. The Labute approximate surface area is 126 Å². The van der Waals surface area contributed by atoms with E-state index in [1.54, 1.807) is 24.3 Å². The van der Waals surface area contributed by atoms with Gasteiger partial charge in [0, 0.05) is 22.6 Å². The van der Waals surface area contributed by atoms with Crippen molar-refractivity contribution in [2.75, 3.05) is 0 Å². The van der Waals surface area contributed by atoms with Gasteiger partial charge in [-0.2, -0.15) is 0 Å². The zero-order chi connectivity index (χ0) is 15.4. The average Bonchev–Trinajstić information content (AvgIpc) is 2.45. The van der Waals surface area contributed by atoms with Crippen molar-refractivity contribution < 1.29 is 19.1 Å². The molecule has 1 N–H and O–H groups in total. The van der Waals surface area contributed by atoms with Crippen molar-refractivity contribution in [3.05, 3.63) is 58.9 Å². The Bertz CT molecular complexity index is 680. The largest absolute Gasteiger partial charge is 0.481 e. The number of Topliss-reactive ketones (excluding diaryl/α,β-unsaturated/α-hetero) is 1. The van der Waals surface area contributed by atoms with Gasteiger partial charge in [0.25, 0.3) is 0 Å². The van der Waals surface area contributed by atoms with E-state index in [2.05, 4.69) is 0 Å². The number of aliphatic carboxylic acids is 1. The Balaban J connectivity index is 2.23. The minimum atomic E-state index is -1.05. The molecule has 2 aromatic rings. The summed E-state index contributed by atoms with van der Waals surface area (Å²) in [5.74, 6) is -1.97. The van der Waals surface area contributed by atoms with E-state index < -0.39 is 11.8 Å². The normalized spacial score (nSPS) is 10.4. The van der Waals surface area contributed by atoms with Crippen LogP contribution in [-0.4, -0.2) is 16.9 Å². The van der Waals surface area contributed by atoms with Crippen LogP contribution in [0.15, 0.2) is 42.5 Å². The van der Waals surface area contributed by atoms with Crippen LogP contribution in [0.1, 0.15) is 23.2 Å². The number of hydrogen-bond donors (Lipinski definition) is 1. The van der Waals surface area contributed by atoms with Gasteiger partial charge < -0.3 is 5.11 Å². The van der Waals surface area contributed by atoms with Crippen molar-refractivity contribution >= 4 is 23.4 Å². The van der Waals surface area contributed by atoms with E-state index in [-0.39, 0.29) is 24.2 Å². The molecule has 0 bridgehead atoms. The molecule has 0 fully saturated rings. The van der Waals surface area contributed by atoms with E-state index in [4.69, 9.17) is 16.7 Å². The molecule has 0 unspecified atom stereocenters. The van der Waals surface area contributed by atoms with Gasteiger partial charge in [-0.1, -0.05) is 35.9 Å². The van der Waals surface area contributed by atoms with Gasteiger partial charge in [0.2, 0.25) is 0 Å². The molecular formula is C16H12ClFO3. The van der Waals surface area contributed by atoms with Crippen molar-refractivity contribution in [1.82, 2.24) is 0 Å².